The molecule has 1 aromatic rings. The van der Waals surface area contributed by atoms with Gasteiger partial charge in [-0.25, -0.2) is 5.90 Å². The predicted octanol–water partition coefficient (Wildman–Crippen LogP) is 1.01. The van der Waals surface area contributed by atoms with Crippen molar-refractivity contribution in [2.45, 2.75) is 25.8 Å². The van der Waals surface area contributed by atoms with Gasteiger partial charge in [0.25, 0.3) is 0 Å². The maximum absolute atomic E-state index is 11.7. The van der Waals surface area contributed by atoms with Crippen molar-refractivity contribution >= 4 is 5.91 Å². The fourth-order valence-electron chi connectivity index (χ4n) is 1.45. The van der Waals surface area contributed by atoms with Crippen LogP contribution in [0, 0.1) is 0 Å². The summed E-state index contributed by atoms with van der Waals surface area (Å²) in [5.41, 5.74) is 0.546. The lowest BCUT2D eigenvalue weighted by Gasteiger charge is -2.24. The van der Waals surface area contributed by atoms with Gasteiger partial charge in [0.1, 0.15) is 0 Å². The van der Waals surface area contributed by atoms with Crippen LogP contribution in [-0.2, 0) is 16.1 Å². The summed E-state index contributed by atoms with van der Waals surface area (Å²) in [4.78, 5) is 16.2. The Morgan fingerprint density at radius 3 is 2.56 bits per heavy atom. The lowest BCUT2D eigenvalue weighted by molar-refractivity contribution is -0.122. The number of hydrogen-bond donors (Lipinski definition) is 2. The van der Waals surface area contributed by atoms with Crippen molar-refractivity contribution in [2.75, 3.05) is 6.61 Å². The van der Waals surface area contributed by atoms with Crippen molar-refractivity contribution in [3.8, 4) is 0 Å². The zero-order chi connectivity index (χ0) is 12.0. The maximum atomic E-state index is 11.7. The van der Waals surface area contributed by atoms with Gasteiger partial charge >= 0.3 is 0 Å². The van der Waals surface area contributed by atoms with E-state index in [1.165, 1.54) is 0 Å². The summed E-state index contributed by atoms with van der Waals surface area (Å²) in [6, 6.07) is 9.60. The highest BCUT2D eigenvalue weighted by atomic mass is 16.6. The first-order valence-electron chi connectivity index (χ1n) is 5.20. The van der Waals surface area contributed by atoms with E-state index in [1.54, 1.807) is 0 Å². The van der Waals surface area contributed by atoms with E-state index >= 15 is 0 Å². The number of rotatable bonds is 5. The molecular weight excluding hydrogens is 204 g/mol. The first-order valence-corrected chi connectivity index (χ1v) is 5.20. The summed E-state index contributed by atoms with van der Waals surface area (Å²) in [7, 11) is 0. The number of carbonyl (C=O) groups is 1. The average Bonchev–Trinajstić information content (AvgIpc) is 2.17. The molecule has 0 aliphatic rings. The molecule has 4 heteroatoms. The zero-order valence-electron chi connectivity index (χ0n) is 9.69. The zero-order valence-corrected chi connectivity index (χ0v) is 9.69. The van der Waals surface area contributed by atoms with Crippen molar-refractivity contribution in [2.24, 2.45) is 5.90 Å². The molecule has 0 unspecified atom stereocenters. The van der Waals surface area contributed by atoms with Crippen LogP contribution in [0.5, 0.6) is 0 Å². The van der Waals surface area contributed by atoms with Crippen LogP contribution in [0.1, 0.15) is 19.4 Å². The van der Waals surface area contributed by atoms with Crippen LogP contribution in [0.25, 0.3) is 0 Å². The standard InChI is InChI=1S/C12H18N2O2/c1-12(2,9-16-13)14-11(15)8-10-6-4-3-5-7-10/h3-7H,8-9,13H2,1-2H3,(H,14,15). The Bertz CT molecular complexity index is 336. The Morgan fingerprint density at radius 2 is 2.00 bits per heavy atom. The fourth-order valence-corrected chi connectivity index (χ4v) is 1.45. The minimum atomic E-state index is -0.444. The molecule has 0 saturated heterocycles. The second kappa shape index (κ2) is 5.63. The lowest BCUT2D eigenvalue weighted by Crippen LogP contribution is -2.48. The number of amides is 1. The summed E-state index contributed by atoms with van der Waals surface area (Å²) in [6.45, 7) is 4.01. The van der Waals surface area contributed by atoms with Crippen molar-refractivity contribution in [3.05, 3.63) is 35.9 Å². The molecule has 0 saturated carbocycles. The molecular formula is C12H18N2O2. The summed E-state index contributed by atoms with van der Waals surface area (Å²) >= 11 is 0. The summed E-state index contributed by atoms with van der Waals surface area (Å²) in [5, 5.41) is 2.86. The minimum absolute atomic E-state index is 0.0340. The van der Waals surface area contributed by atoms with Gasteiger partial charge in [-0.3, -0.25) is 4.79 Å². The van der Waals surface area contributed by atoms with Crippen LogP contribution < -0.4 is 11.2 Å². The van der Waals surface area contributed by atoms with Gasteiger partial charge in [-0.05, 0) is 19.4 Å². The molecule has 0 heterocycles. The second-order valence-electron chi connectivity index (χ2n) is 4.41. The van der Waals surface area contributed by atoms with Crippen molar-refractivity contribution < 1.29 is 9.63 Å². The second-order valence-corrected chi connectivity index (χ2v) is 4.41. The first kappa shape index (κ1) is 12.7. The summed E-state index contributed by atoms with van der Waals surface area (Å²) in [5.74, 6) is 4.96. The third kappa shape index (κ3) is 4.42. The number of nitrogens with one attached hydrogen (secondary N) is 1. The third-order valence-corrected chi connectivity index (χ3v) is 2.13. The Hall–Kier alpha value is -1.39. The molecule has 1 amide bonds. The van der Waals surface area contributed by atoms with E-state index in [-0.39, 0.29) is 12.5 Å². The van der Waals surface area contributed by atoms with Gasteiger partial charge < -0.3 is 10.2 Å². The summed E-state index contributed by atoms with van der Waals surface area (Å²) < 4.78 is 0. The topological polar surface area (TPSA) is 64.3 Å². The lowest BCUT2D eigenvalue weighted by atomic mass is 10.1. The molecule has 0 aromatic heterocycles. The smallest absolute Gasteiger partial charge is 0.224 e. The summed E-state index contributed by atoms with van der Waals surface area (Å²) in [6.07, 6.45) is 0.370. The Kier molecular flexibility index (Phi) is 4.46. The largest absolute Gasteiger partial charge is 0.349 e. The van der Waals surface area contributed by atoms with E-state index in [9.17, 15) is 4.79 Å². The molecule has 0 aliphatic heterocycles. The Balaban J connectivity index is 2.48. The van der Waals surface area contributed by atoms with Crippen LogP contribution in [0.15, 0.2) is 30.3 Å². The number of nitrogens with two attached hydrogens (primary N) is 1. The molecule has 0 bridgehead atoms. The molecule has 1 rings (SSSR count). The van der Waals surface area contributed by atoms with Gasteiger partial charge in [0.05, 0.1) is 18.6 Å². The molecule has 0 radical (unpaired) electrons. The van der Waals surface area contributed by atoms with Gasteiger partial charge in [-0.2, -0.15) is 0 Å². The van der Waals surface area contributed by atoms with E-state index in [0.29, 0.717) is 6.42 Å². The minimum Gasteiger partial charge on any atom is -0.349 e. The van der Waals surface area contributed by atoms with Crippen LogP contribution >= 0.6 is 0 Å². The molecule has 0 aliphatic carbocycles. The van der Waals surface area contributed by atoms with Crippen LogP contribution in [0.2, 0.25) is 0 Å². The molecule has 0 fully saturated rings. The van der Waals surface area contributed by atoms with Crippen molar-refractivity contribution in [1.29, 1.82) is 0 Å². The van der Waals surface area contributed by atoms with E-state index < -0.39 is 5.54 Å². The van der Waals surface area contributed by atoms with Gasteiger partial charge in [0.2, 0.25) is 5.91 Å². The van der Waals surface area contributed by atoms with Crippen molar-refractivity contribution in [1.82, 2.24) is 5.32 Å². The van der Waals surface area contributed by atoms with Gasteiger partial charge in [-0.1, -0.05) is 30.3 Å². The molecule has 0 spiro atoms. The van der Waals surface area contributed by atoms with Gasteiger partial charge in [-0.15, -0.1) is 0 Å². The number of carbonyl (C=O) groups excluding carboxylic acids is 1. The number of hydrogen-bond acceptors (Lipinski definition) is 3. The van der Waals surface area contributed by atoms with E-state index in [4.69, 9.17) is 5.90 Å². The van der Waals surface area contributed by atoms with Crippen LogP contribution in [0.3, 0.4) is 0 Å². The first-order chi connectivity index (χ1) is 7.53. The molecule has 88 valence electrons. The van der Waals surface area contributed by atoms with Crippen molar-refractivity contribution in [3.63, 3.8) is 0 Å². The molecule has 0 atom stereocenters. The Morgan fingerprint density at radius 1 is 1.38 bits per heavy atom. The average molecular weight is 222 g/mol. The van der Waals surface area contributed by atoms with E-state index in [0.717, 1.165) is 5.56 Å². The van der Waals surface area contributed by atoms with E-state index in [1.807, 2.05) is 44.2 Å². The predicted molar refractivity (Wildman–Crippen MR) is 62.5 cm³/mol. The van der Waals surface area contributed by atoms with E-state index in [2.05, 4.69) is 10.2 Å². The molecule has 1 aromatic carbocycles. The number of benzene rings is 1. The van der Waals surface area contributed by atoms with Gasteiger partial charge in [0, 0.05) is 0 Å². The SMILES string of the molecule is CC(C)(CON)NC(=O)Cc1ccccc1. The molecule has 4 nitrogen and oxygen atoms in total. The highest BCUT2D eigenvalue weighted by molar-refractivity contribution is 5.79. The molecule has 16 heavy (non-hydrogen) atoms. The quantitative estimate of drug-likeness (QED) is 0.731. The fraction of sp³-hybridized carbons (Fsp3) is 0.417. The maximum Gasteiger partial charge on any atom is 0.224 e. The highest BCUT2D eigenvalue weighted by Gasteiger charge is 2.20. The van der Waals surface area contributed by atoms with Crippen LogP contribution in [-0.4, -0.2) is 18.1 Å². The normalized spacial score (nSPS) is 11.2. The van der Waals surface area contributed by atoms with Crippen LogP contribution in [0.4, 0.5) is 0 Å². The Labute approximate surface area is 95.7 Å². The monoisotopic (exact) mass is 222 g/mol. The van der Waals surface area contributed by atoms with Gasteiger partial charge in [0.15, 0.2) is 0 Å². The highest BCUT2D eigenvalue weighted by Crippen LogP contribution is 2.04. The third-order valence-electron chi connectivity index (χ3n) is 2.13. The molecule has 3 N–H and O–H groups in total.